The first-order valence-corrected chi connectivity index (χ1v) is 8.46. The Morgan fingerprint density at radius 1 is 1.16 bits per heavy atom. The number of hydrogen-bond donors (Lipinski definition) is 1. The molecule has 2 heteroatoms. The number of rotatable bonds is 4. The number of nitrogens with zero attached hydrogens (tertiary/aromatic N) is 1. The first-order chi connectivity index (χ1) is 9.06. The van der Waals surface area contributed by atoms with Crippen molar-refractivity contribution in [1.29, 1.82) is 0 Å². The van der Waals surface area contributed by atoms with Crippen molar-refractivity contribution in [3.05, 3.63) is 0 Å². The van der Waals surface area contributed by atoms with Crippen molar-refractivity contribution in [2.75, 3.05) is 26.7 Å². The first-order valence-electron chi connectivity index (χ1n) is 8.46. The standard InChI is InChI=1S/C17H34N2/c1-5-14-8-11-19(12-9-14)13-15-7-6-10-17(2,3)16(15)18-4/h14-16,18H,5-13H2,1-4H3. The Bertz CT molecular complexity index is 266. The summed E-state index contributed by atoms with van der Waals surface area (Å²) in [6.45, 7) is 11.2. The fraction of sp³-hybridized carbons (Fsp3) is 1.00. The molecule has 1 saturated carbocycles. The lowest BCUT2D eigenvalue weighted by atomic mass is 9.67. The largest absolute Gasteiger partial charge is 0.316 e. The van der Waals surface area contributed by atoms with Gasteiger partial charge in [-0.25, -0.2) is 0 Å². The highest BCUT2D eigenvalue weighted by atomic mass is 15.1. The molecule has 1 saturated heterocycles. The number of piperidine rings is 1. The molecule has 112 valence electrons. The summed E-state index contributed by atoms with van der Waals surface area (Å²) in [7, 11) is 2.16. The molecule has 2 fully saturated rings. The Hall–Kier alpha value is -0.0800. The van der Waals surface area contributed by atoms with Gasteiger partial charge in [-0.1, -0.05) is 33.6 Å². The van der Waals surface area contributed by atoms with Crippen LogP contribution < -0.4 is 5.32 Å². The Morgan fingerprint density at radius 2 is 1.84 bits per heavy atom. The van der Waals surface area contributed by atoms with Crippen LogP contribution in [0.25, 0.3) is 0 Å². The summed E-state index contributed by atoms with van der Waals surface area (Å²) >= 11 is 0. The molecular weight excluding hydrogens is 232 g/mol. The molecule has 0 radical (unpaired) electrons. The average Bonchev–Trinajstić information content (AvgIpc) is 2.39. The van der Waals surface area contributed by atoms with Crippen LogP contribution in [0.4, 0.5) is 0 Å². The van der Waals surface area contributed by atoms with E-state index in [1.807, 2.05) is 0 Å². The third-order valence-corrected chi connectivity index (χ3v) is 5.80. The van der Waals surface area contributed by atoms with Crippen LogP contribution >= 0.6 is 0 Å². The van der Waals surface area contributed by atoms with Crippen LogP contribution in [-0.4, -0.2) is 37.6 Å². The molecule has 1 N–H and O–H groups in total. The van der Waals surface area contributed by atoms with Gasteiger partial charge in [0.05, 0.1) is 0 Å². The van der Waals surface area contributed by atoms with Crippen LogP contribution in [0.15, 0.2) is 0 Å². The zero-order valence-corrected chi connectivity index (χ0v) is 13.5. The van der Waals surface area contributed by atoms with Crippen molar-refractivity contribution in [3.8, 4) is 0 Å². The number of hydrogen-bond acceptors (Lipinski definition) is 2. The van der Waals surface area contributed by atoms with Gasteiger partial charge >= 0.3 is 0 Å². The highest BCUT2D eigenvalue weighted by Gasteiger charge is 2.38. The summed E-state index contributed by atoms with van der Waals surface area (Å²) in [5, 5.41) is 3.63. The minimum Gasteiger partial charge on any atom is -0.316 e. The number of likely N-dealkylation sites (tertiary alicyclic amines) is 1. The Morgan fingerprint density at radius 3 is 2.42 bits per heavy atom. The predicted molar refractivity (Wildman–Crippen MR) is 83.4 cm³/mol. The lowest BCUT2D eigenvalue weighted by Crippen LogP contribution is -2.52. The van der Waals surface area contributed by atoms with E-state index in [1.54, 1.807) is 0 Å². The lowest BCUT2D eigenvalue weighted by Gasteiger charge is -2.46. The van der Waals surface area contributed by atoms with Gasteiger partial charge in [0.1, 0.15) is 0 Å². The van der Waals surface area contributed by atoms with Crippen molar-refractivity contribution in [2.45, 2.75) is 65.3 Å². The summed E-state index contributed by atoms with van der Waals surface area (Å²) < 4.78 is 0. The quantitative estimate of drug-likeness (QED) is 0.837. The molecule has 0 amide bonds. The molecule has 1 aliphatic heterocycles. The third-order valence-electron chi connectivity index (χ3n) is 5.80. The molecule has 2 rings (SSSR count). The second-order valence-corrected chi connectivity index (χ2v) is 7.56. The van der Waals surface area contributed by atoms with Gasteiger partial charge < -0.3 is 10.2 Å². The molecule has 2 unspecified atom stereocenters. The highest BCUT2D eigenvalue weighted by Crippen LogP contribution is 2.39. The summed E-state index contributed by atoms with van der Waals surface area (Å²) in [5.74, 6) is 1.85. The Labute approximate surface area is 120 Å². The van der Waals surface area contributed by atoms with Gasteiger partial charge in [0.25, 0.3) is 0 Å². The van der Waals surface area contributed by atoms with E-state index in [0.717, 1.165) is 11.8 Å². The molecule has 0 aromatic heterocycles. The Balaban J connectivity index is 1.87. The summed E-state index contributed by atoms with van der Waals surface area (Å²) in [6.07, 6.45) is 8.45. The van der Waals surface area contributed by atoms with E-state index in [2.05, 4.69) is 38.0 Å². The molecule has 0 aromatic rings. The molecular formula is C17H34N2. The van der Waals surface area contributed by atoms with E-state index >= 15 is 0 Å². The summed E-state index contributed by atoms with van der Waals surface area (Å²) in [6, 6.07) is 0.699. The van der Waals surface area contributed by atoms with Crippen molar-refractivity contribution in [1.82, 2.24) is 10.2 Å². The van der Waals surface area contributed by atoms with Gasteiger partial charge in [-0.3, -0.25) is 0 Å². The number of nitrogens with one attached hydrogen (secondary N) is 1. The van der Waals surface area contributed by atoms with E-state index in [9.17, 15) is 0 Å². The molecule has 1 aliphatic carbocycles. The summed E-state index contributed by atoms with van der Waals surface area (Å²) in [5.41, 5.74) is 0.472. The normalized spacial score (nSPS) is 33.5. The van der Waals surface area contributed by atoms with Crippen LogP contribution in [0.3, 0.4) is 0 Å². The van der Waals surface area contributed by atoms with Gasteiger partial charge in [0.15, 0.2) is 0 Å². The first kappa shape index (κ1) is 15.3. The zero-order chi connectivity index (χ0) is 13.9. The molecule has 0 spiro atoms. The van der Waals surface area contributed by atoms with Gasteiger partial charge in [-0.2, -0.15) is 0 Å². The highest BCUT2D eigenvalue weighted by molar-refractivity contribution is 4.94. The van der Waals surface area contributed by atoms with Crippen LogP contribution in [0.1, 0.15) is 59.3 Å². The second kappa shape index (κ2) is 6.58. The van der Waals surface area contributed by atoms with Crippen LogP contribution in [-0.2, 0) is 0 Å². The van der Waals surface area contributed by atoms with Gasteiger partial charge in [-0.05, 0) is 63.1 Å². The van der Waals surface area contributed by atoms with Gasteiger partial charge in [-0.15, -0.1) is 0 Å². The maximum atomic E-state index is 3.63. The van der Waals surface area contributed by atoms with E-state index < -0.39 is 0 Å². The zero-order valence-electron chi connectivity index (χ0n) is 13.5. The lowest BCUT2D eigenvalue weighted by molar-refractivity contribution is 0.0703. The van der Waals surface area contributed by atoms with Crippen LogP contribution in [0.5, 0.6) is 0 Å². The van der Waals surface area contributed by atoms with Gasteiger partial charge in [0.2, 0.25) is 0 Å². The third kappa shape index (κ3) is 3.72. The van der Waals surface area contributed by atoms with E-state index in [0.29, 0.717) is 11.5 Å². The fourth-order valence-corrected chi connectivity index (χ4v) is 4.51. The molecule has 2 aliphatic rings. The minimum absolute atomic E-state index is 0.472. The van der Waals surface area contributed by atoms with E-state index in [-0.39, 0.29) is 0 Å². The molecule has 1 heterocycles. The van der Waals surface area contributed by atoms with Crippen molar-refractivity contribution >= 4 is 0 Å². The molecule has 19 heavy (non-hydrogen) atoms. The molecule has 0 aromatic carbocycles. The van der Waals surface area contributed by atoms with Crippen molar-refractivity contribution in [3.63, 3.8) is 0 Å². The smallest absolute Gasteiger partial charge is 0.0156 e. The van der Waals surface area contributed by atoms with Crippen LogP contribution in [0, 0.1) is 17.3 Å². The fourth-order valence-electron chi connectivity index (χ4n) is 4.51. The van der Waals surface area contributed by atoms with Gasteiger partial charge in [0, 0.05) is 12.6 Å². The molecule has 2 atom stereocenters. The average molecular weight is 266 g/mol. The SMILES string of the molecule is CCC1CCN(CC2CCCC(C)(C)C2NC)CC1. The molecule has 0 bridgehead atoms. The maximum absolute atomic E-state index is 3.63. The second-order valence-electron chi connectivity index (χ2n) is 7.56. The van der Waals surface area contributed by atoms with Crippen molar-refractivity contribution in [2.24, 2.45) is 17.3 Å². The monoisotopic (exact) mass is 266 g/mol. The minimum atomic E-state index is 0.472. The van der Waals surface area contributed by atoms with E-state index in [4.69, 9.17) is 0 Å². The molecule has 2 nitrogen and oxygen atoms in total. The van der Waals surface area contributed by atoms with Crippen molar-refractivity contribution < 1.29 is 0 Å². The Kier molecular flexibility index (Phi) is 5.30. The van der Waals surface area contributed by atoms with Crippen LogP contribution in [0.2, 0.25) is 0 Å². The topological polar surface area (TPSA) is 15.3 Å². The maximum Gasteiger partial charge on any atom is 0.0156 e. The summed E-state index contributed by atoms with van der Waals surface area (Å²) in [4.78, 5) is 2.74. The van der Waals surface area contributed by atoms with E-state index in [1.165, 1.54) is 58.2 Å². The predicted octanol–water partition coefficient (Wildman–Crippen LogP) is 3.52.